The average molecular weight is 293 g/mol. The topological polar surface area (TPSA) is 62.0 Å². The second-order valence-corrected chi connectivity index (χ2v) is 5.50. The molecule has 0 aliphatic heterocycles. The molecule has 0 aliphatic rings. The molecule has 0 saturated heterocycles. The van der Waals surface area contributed by atoms with E-state index in [2.05, 4.69) is 10.3 Å². The Kier molecular flexibility index (Phi) is 4.45. The van der Waals surface area contributed by atoms with Crippen LogP contribution in [0.4, 0.5) is 0 Å². The number of fused-ring (bicyclic) bond motifs is 1. The van der Waals surface area contributed by atoms with Gasteiger partial charge in [-0.1, -0.05) is 32.0 Å². The third-order valence-corrected chi connectivity index (χ3v) is 3.49. The van der Waals surface area contributed by atoms with Crippen LogP contribution >= 0.6 is 11.6 Å². The van der Waals surface area contributed by atoms with Gasteiger partial charge in [0.15, 0.2) is 0 Å². The predicted octanol–water partition coefficient (Wildman–Crippen LogP) is 2.62. The average Bonchev–Trinajstić information content (AvgIpc) is 2.79. The fourth-order valence-electron chi connectivity index (χ4n) is 2.16. The number of H-pyrrole nitrogens is 1. The molecule has 0 fully saturated rings. The molecular weight excluding hydrogens is 276 g/mol. The molecule has 1 unspecified atom stereocenters. The zero-order valence-electron chi connectivity index (χ0n) is 11.4. The van der Waals surface area contributed by atoms with Gasteiger partial charge in [-0.3, -0.25) is 9.59 Å². The van der Waals surface area contributed by atoms with Crippen LogP contribution in [-0.4, -0.2) is 22.2 Å². The fourth-order valence-corrected chi connectivity index (χ4v) is 2.47. The number of benzene rings is 1. The lowest BCUT2D eigenvalue weighted by molar-refractivity contribution is -0.125. The van der Waals surface area contributed by atoms with E-state index < -0.39 is 11.3 Å². The number of hydrogen-bond donors (Lipinski definition) is 2. The Labute approximate surface area is 122 Å². The first kappa shape index (κ1) is 14.6. The highest BCUT2D eigenvalue weighted by Gasteiger charge is 2.22. The van der Waals surface area contributed by atoms with Crippen LogP contribution in [0.1, 0.15) is 19.4 Å². The monoisotopic (exact) mass is 292 g/mol. The van der Waals surface area contributed by atoms with Gasteiger partial charge in [-0.15, -0.1) is 0 Å². The maximum Gasteiger partial charge on any atom is 0.244 e. The van der Waals surface area contributed by atoms with Crippen LogP contribution in [-0.2, 0) is 16.0 Å². The predicted molar refractivity (Wildman–Crippen MR) is 79.6 cm³/mol. The Morgan fingerprint density at radius 3 is 2.65 bits per heavy atom. The molecule has 0 spiro atoms. The van der Waals surface area contributed by atoms with Crippen LogP contribution in [0, 0.1) is 5.92 Å². The summed E-state index contributed by atoms with van der Waals surface area (Å²) in [4.78, 5) is 26.4. The lowest BCUT2D eigenvalue weighted by atomic mass is 10.0. The molecule has 0 saturated carbocycles. The van der Waals surface area contributed by atoms with Crippen molar-refractivity contribution in [2.75, 3.05) is 0 Å². The van der Waals surface area contributed by atoms with Gasteiger partial charge >= 0.3 is 0 Å². The first-order valence-electron chi connectivity index (χ1n) is 6.52. The van der Waals surface area contributed by atoms with Crippen LogP contribution in [0.3, 0.4) is 0 Å². The van der Waals surface area contributed by atoms with E-state index in [1.807, 2.05) is 44.3 Å². The quantitative estimate of drug-likeness (QED) is 0.832. The summed E-state index contributed by atoms with van der Waals surface area (Å²) < 4.78 is 0. The summed E-state index contributed by atoms with van der Waals surface area (Å²) in [6.07, 6.45) is 2.04. The smallest absolute Gasteiger partial charge is 0.244 e. The highest BCUT2D eigenvalue weighted by Crippen LogP contribution is 2.18. The zero-order chi connectivity index (χ0) is 14.7. The maximum atomic E-state index is 12.0. The van der Waals surface area contributed by atoms with Crippen LogP contribution in [0.25, 0.3) is 10.9 Å². The largest absolute Gasteiger partial charge is 0.361 e. The Hall–Kier alpha value is -1.81. The normalized spacial score (nSPS) is 12.6. The fraction of sp³-hybridized carbons (Fsp3) is 0.333. The zero-order valence-corrected chi connectivity index (χ0v) is 12.2. The summed E-state index contributed by atoms with van der Waals surface area (Å²) >= 11 is 5.50. The van der Waals surface area contributed by atoms with E-state index in [9.17, 15) is 9.59 Å². The van der Waals surface area contributed by atoms with Gasteiger partial charge in [-0.05, 0) is 29.1 Å². The molecule has 2 rings (SSSR count). The van der Waals surface area contributed by atoms with Crippen molar-refractivity contribution in [3.05, 3.63) is 36.0 Å². The molecule has 2 aromatic rings. The summed E-state index contributed by atoms with van der Waals surface area (Å²) in [6.45, 7) is 3.69. The second-order valence-electron chi connectivity index (χ2n) is 5.13. The van der Waals surface area contributed by atoms with Crippen molar-refractivity contribution in [1.82, 2.24) is 10.3 Å². The van der Waals surface area contributed by atoms with Crippen molar-refractivity contribution in [2.24, 2.45) is 5.92 Å². The SMILES string of the molecule is CC(C)C(NC(=O)Cc1c[nH]c2ccccc12)C(=O)Cl. The summed E-state index contributed by atoms with van der Waals surface area (Å²) in [6, 6.07) is 7.13. The Bertz CT molecular complexity index is 634. The number of carbonyl (C=O) groups excluding carboxylic acids is 2. The molecule has 20 heavy (non-hydrogen) atoms. The first-order valence-corrected chi connectivity index (χ1v) is 6.90. The molecule has 0 radical (unpaired) electrons. The second kappa shape index (κ2) is 6.09. The number of amides is 1. The molecule has 1 heterocycles. The minimum Gasteiger partial charge on any atom is -0.361 e. The molecule has 4 nitrogen and oxygen atoms in total. The van der Waals surface area contributed by atoms with Crippen molar-refractivity contribution in [3.8, 4) is 0 Å². The molecule has 0 aliphatic carbocycles. The summed E-state index contributed by atoms with van der Waals surface area (Å²) in [7, 11) is 0. The molecule has 5 heteroatoms. The van der Waals surface area contributed by atoms with Crippen LogP contribution in [0.5, 0.6) is 0 Å². The maximum absolute atomic E-state index is 12.0. The van der Waals surface area contributed by atoms with Crippen molar-refractivity contribution in [3.63, 3.8) is 0 Å². The van der Waals surface area contributed by atoms with E-state index in [1.165, 1.54) is 0 Å². The molecular formula is C15H17ClN2O2. The molecule has 1 aromatic heterocycles. The number of rotatable bonds is 5. The van der Waals surface area contributed by atoms with Gasteiger partial charge in [0.25, 0.3) is 0 Å². The minimum atomic E-state index is -0.644. The Balaban J connectivity index is 2.10. The van der Waals surface area contributed by atoms with Gasteiger partial charge in [0.05, 0.1) is 6.42 Å². The number of nitrogens with one attached hydrogen (secondary N) is 2. The lowest BCUT2D eigenvalue weighted by Gasteiger charge is -2.18. The molecule has 1 atom stereocenters. The molecule has 1 amide bonds. The molecule has 0 bridgehead atoms. The number of carbonyl (C=O) groups is 2. The first-order chi connectivity index (χ1) is 9.49. The molecule has 1 aromatic carbocycles. The van der Waals surface area contributed by atoms with E-state index in [1.54, 1.807) is 0 Å². The highest BCUT2D eigenvalue weighted by atomic mass is 35.5. The van der Waals surface area contributed by atoms with Crippen molar-refractivity contribution >= 4 is 33.7 Å². The molecule has 2 N–H and O–H groups in total. The number of halogens is 1. The van der Waals surface area contributed by atoms with Gasteiger partial charge in [0, 0.05) is 17.1 Å². The van der Waals surface area contributed by atoms with Crippen LogP contribution in [0.15, 0.2) is 30.5 Å². The third kappa shape index (κ3) is 3.20. The highest BCUT2D eigenvalue weighted by molar-refractivity contribution is 6.64. The number of para-hydroxylation sites is 1. The summed E-state index contributed by atoms with van der Waals surface area (Å²) in [5.41, 5.74) is 1.90. The third-order valence-electron chi connectivity index (χ3n) is 3.25. The Morgan fingerprint density at radius 2 is 2.00 bits per heavy atom. The van der Waals surface area contributed by atoms with Gasteiger partial charge in [-0.2, -0.15) is 0 Å². The van der Waals surface area contributed by atoms with Gasteiger partial charge in [0.2, 0.25) is 11.1 Å². The van der Waals surface area contributed by atoms with Gasteiger partial charge in [-0.25, -0.2) is 0 Å². The van der Waals surface area contributed by atoms with Crippen molar-refractivity contribution in [1.29, 1.82) is 0 Å². The molecule has 106 valence electrons. The number of aromatic amines is 1. The Morgan fingerprint density at radius 1 is 1.30 bits per heavy atom. The van der Waals surface area contributed by atoms with Crippen LogP contribution in [0.2, 0.25) is 0 Å². The van der Waals surface area contributed by atoms with Gasteiger partial charge in [0.1, 0.15) is 6.04 Å². The standard InChI is InChI=1S/C15H17ClN2O2/c1-9(2)14(15(16)20)18-13(19)7-10-8-17-12-6-4-3-5-11(10)12/h3-6,8-9,14,17H,7H2,1-2H3,(H,18,19). The van der Waals surface area contributed by atoms with Gasteiger partial charge < -0.3 is 10.3 Å². The van der Waals surface area contributed by atoms with E-state index >= 15 is 0 Å². The number of aromatic nitrogens is 1. The van der Waals surface area contributed by atoms with E-state index in [0.717, 1.165) is 16.5 Å². The van der Waals surface area contributed by atoms with E-state index in [4.69, 9.17) is 11.6 Å². The van der Waals surface area contributed by atoms with Crippen LogP contribution < -0.4 is 5.32 Å². The van der Waals surface area contributed by atoms with E-state index in [0.29, 0.717) is 0 Å². The lowest BCUT2D eigenvalue weighted by Crippen LogP contribution is -2.43. The van der Waals surface area contributed by atoms with Crippen molar-refractivity contribution in [2.45, 2.75) is 26.3 Å². The minimum absolute atomic E-state index is 0.0353. The summed E-state index contributed by atoms with van der Waals surface area (Å²) in [5, 5.41) is 3.16. The van der Waals surface area contributed by atoms with Crippen molar-refractivity contribution < 1.29 is 9.59 Å². The number of hydrogen-bond acceptors (Lipinski definition) is 2. The summed E-state index contributed by atoms with van der Waals surface area (Å²) in [5.74, 6) is -0.241. The van der Waals surface area contributed by atoms with E-state index in [-0.39, 0.29) is 18.2 Å².